The van der Waals surface area contributed by atoms with Crippen LogP contribution in [0.2, 0.25) is 0 Å². The maximum absolute atomic E-state index is 11.4. The Morgan fingerprint density at radius 2 is 1.50 bits per heavy atom. The van der Waals surface area contributed by atoms with Crippen LogP contribution in [0, 0.1) is 0 Å². The molecule has 52 heavy (non-hydrogen) atoms. The van der Waals surface area contributed by atoms with Gasteiger partial charge in [-0.05, 0) is 62.9 Å². The predicted octanol–water partition coefficient (Wildman–Crippen LogP) is 8.18. The molecule has 2 aromatic heterocycles. The molecule has 0 bridgehead atoms. The molecule has 9 nitrogen and oxygen atoms in total. The van der Waals surface area contributed by atoms with Gasteiger partial charge < -0.3 is 9.47 Å². The minimum absolute atomic E-state index is 0.0255. The lowest BCUT2D eigenvalue weighted by molar-refractivity contribution is -0.120. The molecule has 0 aliphatic heterocycles. The number of carbonyl (C=O) groups is 1. The molecule has 0 radical (unpaired) electrons. The number of aromatic nitrogens is 6. The van der Waals surface area contributed by atoms with Crippen molar-refractivity contribution < 1.29 is 28.0 Å². The van der Waals surface area contributed by atoms with Crippen LogP contribution in [0.25, 0.3) is 33.5 Å². The van der Waals surface area contributed by atoms with Crippen LogP contribution in [0.1, 0.15) is 42.9 Å². The average Bonchev–Trinajstić information content (AvgIpc) is 3.93. The number of hydrogen-bond acceptors (Lipinski definition) is 7. The minimum Gasteiger partial charge on any atom is -0.465 e. The van der Waals surface area contributed by atoms with E-state index in [2.05, 4.69) is 20.5 Å². The lowest BCUT2D eigenvalue weighted by Gasteiger charge is -2.36. The third kappa shape index (κ3) is 5.68. The third-order valence-corrected chi connectivity index (χ3v) is 8.50. The van der Waals surface area contributed by atoms with Crippen molar-refractivity contribution in [1.82, 2.24) is 29.8 Å². The van der Waals surface area contributed by atoms with Crippen LogP contribution < -0.4 is 9.47 Å². The molecule has 6 aromatic carbocycles. The molecule has 2 heterocycles. The molecule has 0 aliphatic carbocycles. The first-order chi connectivity index (χ1) is 29.8. The number of tetrazole rings is 1. The molecule has 0 spiro atoms. The molecule has 1 atom stereocenters. The van der Waals surface area contributed by atoms with Crippen LogP contribution in [0.3, 0.4) is 0 Å². The van der Waals surface area contributed by atoms with Gasteiger partial charge in [0.1, 0.15) is 11.1 Å². The smallest absolute Gasteiger partial charge is 0.298 e. The molecular weight excluding hydrogens is 649 g/mol. The van der Waals surface area contributed by atoms with Gasteiger partial charge in [-0.15, -0.1) is 5.10 Å². The van der Waals surface area contributed by atoms with E-state index >= 15 is 0 Å². The van der Waals surface area contributed by atoms with Gasteiger partial charge in [0.2, 0.25) is 0 Å². The van der Waals surface area contributed by atoms with Gasteiger partial charge in [0.05, 0.1) is 32.3 Å². The Balaban J connectivity index is 1.36. The zero-order valence-electron chi connectivity index (χ0n) is 37.6. The van der Waals surface area contributed by atoms with E-state index in [-0.39, 0.29) is 58.9 Å². The number of hydrogen-bond donors (Lipinski definition) is 0. The first-order valence-electron chi connectivity index (χ1n) is 21.2. The highest BCUT2D eigenvalue weighted by molar-refractivity contribution is 5.85. The van der Waals surface area contributed by atoms with Crippen LogP contribution in [0.15, 0.2) is 158 Å². The molecule has 1 unspecified atom stereocenters. The van der Waals surface area contributed by atoms with Crippen molar-refractivity contribution in [2.24, 2.45) is 0 Å². The van der Waals surface area contributed by atoms with Gasteiger partial charge in [-0.25, -0.2) is 4.68 Å². The summed E-state index contributed by atoms with van der Waals surface area (Å²) in [6.45, 7) is -0.111. The summed E-state index contributed by atoms with van der Waals surface area (Å²) in [6, 6.07) is 25.2. The van der Waals surface area contributed by atoms with Crippen molar-refractivity contribution in [3.8, 4) is 34.3 Å². The van der Waals surface area contributed by atoms with Gasteiger partial charge in [-0.1, -0.05) is 145 Å². The van der Waals surface area contributed by atoms with Crippen molar-refractivity contribution in [1.29, 1.82) is 0 Å². The molecule has 0 N–H and O–H groups in total. The largest absolute Gasteiger partial charge is 0.465 e. The Hall–Kier alpha value is -6.87. The zero-order chi connectivity index (χ0) is 44.1. The highest BCUT2D eigenvalue weighted by atomic mass is 16.5. The molecule has 0 saturated carbocycles. The van der Waals surface area contributed by atoms with Gasteiger partial charge in [0, 0.05) is 5.56 Å². The summed E-state index contributed by atoms with van der Waals surface area (Å²) in [5.41, 5.74) is 0.175. The highest BCUT2D eigenvalue weighted by Gasteiger charge is 2.42. The molecule has 8 rings (SSSR count). The molecule has 8 aromatic rings. The summed E-state index contributed by atoms with van der Waals surface area (Å²) in [7, 11) is 0. The van der Waals surface area contributed by atoms with Crippen LogP contribution in [0.5, 0.6) is 11.8 Å². The van der Waals surface area contributed by atoms with E-state index in [0.717, 1.165) is 0 Å². The fraction of sp³-hybridized carbons (Fsp3) is 0.0930. The molecule has 0 amide bonds. The Morgan fingerprint density at radius 3 is 2.29 bits per heavy atom. The number of imidazole rings is 1. The van der Waals surface area contributed by atoms with Crippen molar-refractivity contribution in [3.63, 3.8) is 0 Å². The Labute approximate surface area is 314 Å². The van der Waals surface area contributed by atoms with E-state index in [1.54, 1.807) is 97.9 Å². The van der Waals surface area contributed by atoms with Crippen molar-refractivity contribution in [3.05, 3.63) is 180 Å². The second-order valence-corrected chi connectivity index (χ2v) is 11.4. The number of nitrogens with zero attached hydrogens (tertiary/aromatic N) is 6. The summed E-state index contributed by atoms with van der Waals surface area (Å²) in [4.78, 5) is 15.9. The van der Waals surface area contributed by atoms with Crippen LogP contribution in [-0.4, -0.2) is 42.8 Å². The van der Waals surface area contributed by atoms with Crippen LogP contribution in [0.4, 0.5) is 0 Å². The number of benzene rings is 6. The number of rotatable bonds is 12. The van der Waals surface area contributed by atoms with Crippen LogP contribution in [-0.2, 0) is 16.8 Å². The predicted molar refractivity (Wildman–Crippen MR) is 200 cm³/mol. The molecule has 254 valence electrons. The zero-order valence-corrected chi connectivity index (χ0v) is 27.6. The Morgan fingerprint density at radius 1 is 0.769 bits per heavy atom. The fourth-order valence-corrected chi connectivity index (χ4v) is 6.33. The Bertz CT molecular complexity index is 2990. The topological polar surface area (TPSA) is 97.0 Å². The summed E-state index contributed by atoms with van der Waals surface area (Å²) < 4.78 is 103. The van der Waals surface area contributed by atoms with Crippen molar-refractivity contribution in [2.45, 2.75) is 19.0 Å². The second kappa shape index (κ2) is 14.2. The minimum atomic E-state index is -2.29. The number of fused-ring (bicyclic) bond motifs is 1. The third-order valence-electron chi connectivity index (χ3n) is 8.50. The quantitative estimate of drug-likeness (QED) is 0.0941. The SMILES string of the molecule is [2H]c1ccc(C(c2ccccc2)(c2c([2H])c([2H])c([2H])c([2H])c2[2H])n2nnnc2-c2ccccc2-c2ccc(C([2H])([2H])n3c(OCC)nc4cccc(OC=O)c43)cc2)c([2H])c1[2H]. The van der Waals surface area contributed by atoms with Gasteiger partial charge in [0.15, 0.2) is 11.6 Å². The highest BCUT2D eigenvalue weighted by Crippen LogP contribution is 2.43. The lowest BCUT2D eigenvalue weighted by atomic mass is 9.77. The standard InChI is InChI=1S/C43H34N6O3/c1-2-51-42-44-38-23-14-24-39(52-30-50)40(38)48(42)29-31-25-27-32(28-26-31)36-21-12-13-22-37(36)41-45-46-47-49(41)43(33-15-6-3-7-16-33,34-17-8-4-9-18-34)35-19-10-5-11-20-35/h3-28,30H,2,29H2,1H3/i3D,4D,6D,7D,8D,15D,16D,17D,29D2. The van der Waals surface area contributed by atoms with Gasteiger partial charge in [0.25, 0.3) is 12.5 Å². The lowest BCUT2D eigenvalue weighted by Crippen LogP contribution is -2.39. The molecule has 9 heteroatoms. The van der Waals surface area contributed by atoms with Crippen molar-refractivity contribution >= 4 is 17.5 Å². The van der Waals surface area contributed by atoms with Crippen LogP contribution >= 0.6 is 0 Å². The number of carbonyl (C=O) groups excluding carboxylic acids is 1. The maximum Gasteiger partial charge on any atom is 0.298 e. The number of ether oxygens (including phenoxy) is 2. The second-order valence-electron chi connectivity index (χ2n) is 11.4. The van der Waals surface area contributed by atoms with Gasteiger partial charge in [-0.2, -0.15) is 4.98 Å². The van der Waals surface area contributed by atoms with Gasteiger partial charge >= 0.3 is 0 Å². The summed E-state index contributed by atoms with van der Waals surface area (Å²) >= 11 is 0. The Kier molecular flexibility index (Phi) is 6.20. The van der Waals surface area contributed by atoms with E-state index < -0.39 is 54.3 Å². The number of para-hydroxylation sites is 1. The maximum atomic E-state index is 11.4. The molecule has 0 aliphatic rings. The molecule has 0 fully saturated rings. The monoisotopic (exact) mass is 692 g/mol. The van der Waals surface area contributed by atoms with E-state index in [9.17, 15) is 11.6 Å². The van der Waals surface area contributed by atoms with Gasteiger partial charge in [-0.3, -0.25) is 9.36 Å². The first-order valence-corrected chi connectivity index (χ1v) is 16.2. The summed E-state index contributed by atoms with van der Waals surface area (Å²) in [5, 5.41) is 13.0. The fourth-order valence-electron chi connectivity index (χ4n) is 6.33. The summed E-state index contributed by atoms with van der Waals surface area (Å²) in [6.07, 6.45) is 0. The summed E-state index contributed by atoms with van der Waals surface area (Å²) in [5.74, 6) is 0.135. The molecular formula is C43H34N6O3. The van der Waals surface area contributed by atoms with Crippen molar-refractivity contribution in [2.75, 3.05) is 6.61 Å². The van der Waals surface area contributed by atoms with E-state index in [4.69, 9.17) is 16.3 Å². The first kappa shape index (κ1) is 22.8. The molecule has 0 saturated heterocycles. The van der Waals surface area contributed by atoms with E-state index in [1.807, 2.05) is 0 Å². The van der Waals surface area contributed by atoms with E-state index in [0.29, 0.717) is 27.8 Å². The van der Waals surface area contributed by atoms with E-state index in [1.165, 1.54) is 27.4 Å². The normalized spacial score (nSPS) is 15.3. The average molecular weight is 693 g/mol.